The molecule has 3 nitrogen and oxygen atoms in total. The van der Waals surface area contributed by atoms with Gasteiger partial charge in [-0.15, -0.1) is 22.7 Å². The van der Waals surface area contributed by atoms with Crippen LogP contribution in [0.25, 0.3) is 10.2 Å². The highest BCUT2D eigenvalue weighted by Gasteiger charge is 2.34. The number of allylic oxidation sites excluding steroid dienone is 2. The van der Waals surface area contributed by atoms with Crippen molar-refractivity contribution >= 4 is 38.8 Å². The number of fused-ring (bicyclic) bond motifs is 1. The molecule has 1 aliphatic carbocycles. The molecule has 2 atom stereocenters. The minimum atomic E-state index is -0.0180. The van der Waals surface area contributed by atoms with Gasteiger partial charge in [-0.25, -0.2) is 4.98 Å². The topological polar surface area (TPSA) is 33.2 Å². The van der Waals surface area contributed by atoms with E-state index >= 15 is 0 Å². The molecule has 4 rings (SSSR count). The number of carbonyl (C=O) groups excluding carboxylic acids is 1. The lowest BCUT2D eigenvalue weighted by molar-refractivity contribution is -0.135. The first-order valence-corrected chi connectivity index (χ1v) is 10.2. The Balaban J connectivity index is 1.58. The number of para-hydroxylation sites is 1. The lowest BCUT2D eigenvalue weighted by atomic mass is 9.82. The van der Waals surface area contributed by atoms with Crippen LogP contribution in [-0.4, -0.2) is 22.8 Å². The Morgan fingerprint density at radius 1 is 1.20 bits per heavy atom. The van der Waals surface area contributed by atoms with Crippen LogP contribution in [0.2, 0.25) is 0 Å². The average molecular weight is 369 g/mol. The average Bonchev–Trinajstić information content (AvgIpc) is 3.30. The molecule has 1 amide bonds. The van der Waals surface area contributed by atoms with Gasteiger partial charge in [0.05, 0.1) is 27.7 Å². The normalized spacial score (nSPS) is 20.0. The maximum Gasteiger partial charge on any atom is 0.226 e. The predicted molar refractivity (Wildman–Crippen MR) is 105 cm³/mol. The molecular weight excluding hydrogens is 348 g/mol. The number of carbonyl (C=O) groups is 1. The molecule has 0 N–H and O–H groups in total. The summed E-state index contributed by atoms with van der Waals surface area (Å²) in [7, 11) is 1.91. The summed E-state index contributed by atoms with van der Waals surface area (Å²) in [6.07, 6.45) is 6.03. The fraction of sp³-hybridized carbons (Fsp3) is 0.300. The third-order valence-corrected chi connectivity index (χ3v) is 6.76. The molecule has 128 valence electrons. The van der Waals surface area contributed by atoms with E-state index in [2.05, 4.69) is 29.7 Å². The highest BCUT2D eigenvalue weighted by atomic mass is 32.1. The van der Waals surface area contributed by atoms with Crippen LogP contribution in [0.3, 0.4) is 0 Å². The van der Waals surface area contributed by atoms with Crippen LogP contribution in [0, 0.1) is 5.92 Å². The summed E-state index contributed by atoms with van der Waals surface area (Å²) in [5, 5.41) is 3.15. The van der Waals surface area contributed by atoms with Crippen LogP contribution in [-0.2, 0) is 11.3 Å². The summed E-state index contributed by atoms with van der Waals surface area (Å²) in [4.78, 5) is 21.0. The van der Waals surface area contributed by atoms with Gasteiger partial charge in [-0.3, -0.25) is 4.79 Å². The summed E-state index contributed by atoms with van der Waals surface area (Å²) in [5.74, 6) is 0.387. The highest BCUT2D eigenvalue weighted by Crippen LogP contribution is 2.39. The van der Waals surface area contributed by atoms with Crippen molar-refractivity contribution in [3.63, 3.8) is 0 Å². The maximum absolute atomic E-state index is 13.1. The second kappa shape index (κ2) is 7.10. The predicted octanol–water partition coefficient (Wildman–Crippen LogP) is 5.07. The third-order valence-electron chi connectivity index (χ3n) is 4.73. The monoisotopic (exact) mass is 368 g/mol. The molecule has 0 saturated carbocycles. The fourth-order valence-corrected chi connectivity index (χ4v) is 5.31. The third kappa shape index (κ3) is 3.39. The van der Waals surface area contributed by atoms with Gasteiger partial charge in [-0.2, -0.15) is 0 Å². The smallest absolute Gasteiger partial charge is 0.226 e. The van der Waals surface area contributed by atoms with Crippen LogP contribution in [0.1, 0.15) is 28.6 Å². The van der Waals surface area contributed by atoms with Crippen LogP contribution >= 0.6 is 22.7 Å². The molecule has 5 heteroatoms. The zero-order valence-corrected chi connectivity index (χ0v) is 15.7. The Hall–Kier alpha value is -1.98. The number of rotatable bonds is 4. The Bertz CT molecular complexity index is 864. The highest BCUT2D eigenvalue weighted by molar-refractivity contribution is 7.18. The van der Waals surface area contributed by atoms with E-state index in [9.17, 15) is 4.79 Å². The fourth-order valence-electron chi connectivity index (χ4n) is 3.41. The number of thiophene rings is 1. The standard InChI is InChI=1S/C20H20N2OS2/c1-22(13-14-7-6-12-24-14)20(23)16-9-3-2-8-15(16)19-21-17-10-4-5-11-18(17)25-19/h2-7,10-12,15-16H,8-9,13H2,1H3. The van der Waals surface area contributed by atoms with Gasteiger partial charge in [0.15, 0.2) is 0 Å². The molecule has 2 aromatic heterocycles. The Kier molecular flexibility index (Phi) is 4.68. The summed E-state index contributed by atoms with van der Waals surface area (Å²) in [6.45, 7) is 0.684. The SMILES string of the molecule is CN(Cc1cccs1)C(=O)C1CC=CCC1c1nc2ccccc2s1. The van der Waals surface area contributed by atoms with Gasteiger partial charge in [0.2, 0.25) is 5.91 Å². The molecule has 0 aliphatic heterocycles. The van der Waals surface area contributed by atoms with Gasteiger partial charge in [0.1, 0.15) is 0 Å². The lowest BCUT2D eigenvalue weighted by Crippen LogP contribution is -2.36. The van der Waals surface area contributed by atoms with Crippen molar-refractivity contribution in [3.8, 4) is 0 Å². The zero-order valence-electron chi connectivity index (χ0n) is 14.1. The first kappa shape index (κ1) is 16.5. The molecule has 0 spiro atoms. The van der Waals surface area contributed by atoms with E-state index in [1.807, 2.05) is 36.2 Å². The molecular formula is C20H20N2OS2. The van der Waals surface area contributed by atoms with Gasteiger partial charge in [-0.05, 0) is 36.4 Å². The van der Waals surface area contributed by atoms with Gasteiger partial charge in [-0.1, -0.05) is 30.4 Å². The van der Waals surface area contributed by atoms with Gasteiger partial charge in [0, 0.05) is 17.8 Å². The molecule has 25 heavy (non-hydrogen) atoms. The second-order valence-corrected chi connectivity index (χ2v) is 8.54. The van der Waals surface area contributed by atoms with E-state index in [-0.39, 0.29) is 17.7 Å². The van der Waals surface area contributed by atoms with E-state index in [0.717, 1.165) is 23.4 Å². The Morgan fingerprint density at radius 3 is 2.84 bits per heavy atom. The number of amides is 1. The number of aromatic nitrogens is 1. The van der Waals surface area contributed by atoms with Crippen LogP contribution < -0.4 is 0 Å². The molecule has 3 aromatic rings. The first-order chi connectivity index (χ1) is 12.2. The van der Waals surface area contributed by atoms with E-state index in [4.69, 9.17) is 4.98 Å². The van der Waals surface area contributed by atoms with E-state index in [1.165, 1.54) is 9.58 Å². The van der Waals surface area contributed by atoms with Gasteiger partial charge < -0.3 is 4.90 Å². The van der Waals surface area contributed by atoms with Gasteiger partial charge in [0.25, 0.3) is 0 Å². The molecule has 0 fully saturated rings. The van der Waals surface area contributed by atoms with E-state index < -0.39 is 0 Å². The molecule has 1 aliphatic rings. The molecule has 2 heterocycles. The van der Waals surface area contributed by atoms with Gasteiger partial charge >= 0.3 is 0 Å². The zero-order chi connectivity index (χ0) is 17.2. The Morgan fingerprint density at radius 2 is 2.04 bits per heavy atom. The van der Waals surface area contributed by atoms with E-state index in [1.54, 1.807) is 22.7 Å². The van der Waals surface area contributed by atoms with Crippen molar-refractivity contribution in [1.82, 2.24) is 9.88 Å². The lowest BCUT2D eigenvalue weighted by Gasteiger charge is -2.29. The number of hydrogen-bond donors (Lipinski definition) is 0. The van der Waals surface area contributed by atoms with Crippen molar-refractivity contribution < 1.29 is 4.79 Å². The molecule has 1 aromatic carbocycles. The van der Waals surface area contributed by atoms with Crippen molar-refractivity contribution in [2.45, 2.75) is 25.3 Å². The minimum absolute atomic E-state index is 0.0180. The van der Waals surface area contributed by atoms with Crippen LogP contribution in [0.5, 0.6) is 0 Å². The molecule has 2 unspecified atom stereocenters. The van der Waals surface area contributed by atoms with Crippen LogP contribution in [0.4, 0.5) is 0 Å². The maximum atomic E-state index is 13.1. The number of thiazole rings is 1. The molecule has 0 saturated heterocycles. The largest absolute Gasteiger partial charge is 0.340 e. The van der Waals surface area contributed by atoms with Crippen molar-refractivity contribution in [3.05, 3.63) is 63.8 Å². The second-order valence-electron chi connectivity index (χ2n) is 6.45. The summed E-state index contributed by atoms with van der Waals surface area (Å²) in [5.41, 5.74) is 1.04. The number of benzene rings is 1. The number of nitrogens with zero attached hydrogens (tertiary/aromatic N) is 2. The quantitative estimate of drug-likeness (QED) is 0.603. The van der Waals surface area contributed by atoms with Crippen molar-refractivity contribution in [1.29, 1.82) is 0 Å². The summed E-state index contributed by atoms with van der Waals surface area (Å²) in [6, 6.07) is 12.3. The van der Waals surface area contributed by atoms with Crippen LogP contribution in [0.15, 0.2) is 53.9 Å². The number of hydrogen-bond acceptors (Lipinski definition) is 4. The molecule has 0 bridgehead atoms. The minimum Gasteiger partial charge on any atom is -0.340 e. The van der Waals surface area contributed by atoms with Crippen molar-refractivity contribution in [2.24, 2.45) is 5.92 Å². The first-order valence-electron chi connectivity index (χ1n) is 8.50. The summed E-state index contributed by atoms with van der Waals surface area (Å²) >= 11 is 3.43. The summed E-state index contributed by atoms with van der Waals surface area (Å²) < 4.78 is 1.20. The van der Waals surface area contributed by atoms with E-state index in [0.29, 0.717) is 6.54 Å². The van der Waals surface area contributed by atoms with Crippen molar-refractivity contribution in [2.75, 3.05) is 7.05 Å². The molecule has 0 radical (unpaired) electrons. The Labute approximate surface area is 155 Å².